The first-order chi connectivity index (χ1) is 15.3. The Labute approximate surface area is 183 Å². The molecule has 0 amide bonds. The molecular formula is C28H25N3. The van der Waals surface area contributed by atoms with Crippen LogP contribution < -0.4 is 5.32 Å². The number of nitrogens with zero attached hydrogens (tertiary/aromatic N) is 2. The third kappa shape index (κ3) is 4.26. The van der Waals surface area contributed by atoms with Crippen molar-refractivity contribution in [2.24, 2.45) is 9.98 Å². The molecule has 0 saturated heterocycles. The Morgan fingerprint density at radius 1 is 0.710 bits per heavy atom. The Kier molecular flexibility index (Phi) is 5.32. The van der Waals surface area contributed by atoms with Gasteiger partial charge in [-0.15, -0.1) is 0 Å². The fourth-order valence-corrected chi connectivity index (χ4v) is 4.09. The second-order valence-corrected chi connectivity index (χ2v) is 7.94. The zero-order chi connectivity index (χ0) is 21.0. The van der Waals surface area contributed by atoms with Crippen LogP contribution in [0.4, 0.5) is 0 Å². The quantitative estimate of drug-likeness (QED) is 0.562. The molecule has 0 aromatic heterocycles. The molecule has 3 aromatic rings. The van der Waals surface area contributed by atoms with Gasteiger partial charge in [-0.1, -0.05) is 91.0 Å². The fourth-order valence-electron chi connectivity index (χ4n) is 4.09. The van der Waals surface area contributed by atoms with Crippen molar-refractivity contribution in [2.75, 3.05) is 0 Å². The lowest BCUT2D eigenvalue weighted by Crippen LogP contribution is -2.37. The van der Waals surface area contributed by atoms with Crippen LogP contribution in [0.3, 0.4) is 0 Å². The molecule has 1 aliphatic carbocycles. The average molecular weight is 404 g/mol. The number of nitrogens with one attached hydrogen (secondary N) is 1. The highest BCUT2D eigenvalue weighted by Gasteiger charge is 2.18. The van der Waals surface area contributed by atoms with E-state index in [9.17, 15) is 0 Å². The molecule has 1 heterocycles. The van der Waals surface area contributed by atoms with Gasteiger partial charge in [-0.05, 0) is 42.2 Å². The Balaban J connectivity index is 1.42. The van der Waals surface area contributed by atoms with Gasteiger partial charge in [0.05, 0.1) is 0 Å². The number of rotatable bonds is 4. The summed E-state index contributed by atoms with van der Waals surface area (Å²) in [5, 5.41) is 3.49. The maximum atomic E-state index is 4.78. The van der Waals surface area contributed by atoms with Gasteiger partial charge in [-0.2, -0.15) is 0 Å². The zero-order valence-electron chi connectivity index (χ0n) is 17.6. The molecule has 1 N–H and O–H groups in total. The smallest absolute Gasteiger partial charge is 0.141 e. The van der Waals surface area contributed by atoms with Crippen LogP contribution in [0.2, 0.25) is 0 Å². The van der Waals surface area contributed by atoms with Gasteiger partial charge in [0.15, 0.2) is 0 Å². The SMILES string of the molecule is CC1N=C(c2cccc(-c3ccccc3)c2)NC(c2cccc(C3C=CC=CC3)c2)=N1. The molecule has 3 aromatic carbocycles. The van der Waals surface area contributed by atoms with Gasteiger partial charge in [0, 0.05) is 17.0 Å². The monoisotopic (exact) mass is 403 g/mol. The molecule has 2 unspecified atom stereocenters. The maximum Gasteiger partial charge on any atom is 0.141 e. The lowest BCUT2D eigenvalue weighted by Gasteiger charge is -2.21. The van der Waals surface area contributed by atoms with Crippen LogP contribution in [0.5, 0.6) is 0 Å². The van der Waals surface area contributed by atoms with Gasteiger partial charge < -0.3 is 5.32 Å². The van der Waals surface area contributed by atoms with E-state index in [0.29, 0.717) is 5.92 Å². The summed E-state index contributed by atoms with van der Waals surface area (Å²) in [7, 11) is 0. The normalized spacial score (nSPS) is 20.0. The van der Waals surface area contributed by atoms with Gasteiger partial charge in [0.25, 0.3) is 0 Å². The summed E-state index contributed by atoms with van der Waals surface area (Å²) >= 11 is 0. The standard InChI is InChI=1S/C28H25N3/c1-20-29-27(25-16-8-14-23(18-25)21-10-4-2-5-11-21)31-28(30-20)26-17-9-15-24(19-26)22-12-6-3-7-13-22/h2-12,14-20,22H,13H2,1H3,(H,29,30,31). The number of aliphatic imine (C=N–C) groups is 2. The minimum Gasteiger partial charge on any atom is -0.324 e. The van der Waals surface area contributed by atoms with E-state index >= 15 is 0 Å². The van der Waals surface area contributed by atoms with Crippen molar-refractivity contribution in [3.05, 3.63) is 120 Å². The molecular weight excluding hydrogens is 378 g/mol. The van der Waals surface area contributed by atoms with Crippen LogP contribution in [0, 0.1) is 0 Å². The number of hydrogen-bond donors (Lipinski definition) is 1. The highest BCUT2D eigenvalue weighted by molar-refractivity contribution is 6.16. The Hall–Kier alpha value is -3.72. The number of hydrogen-bond acceptors (Lipinski definition) is 3. The van der Waals surface area contributed by atoms with Gasteiger partial charge in [0.1, 0.15) is 17.8 Å². The maximum absolute atomic E-state index is 4.78. The van der Waals surface area contributed by atoms with Crippen LogP contribution in [0.1, 0.15) is 36.0 Å². The molecule has 0 saturated carbocycles. The summed E-state index contributed by atoms with van der Waals surface area (Å²) in [6.45, 7) is 2.03. The van der Waals surface area contributed by atoms with Crippen LogP contribution in [0.25, 0.3) is 11.1 Å². The van der Waals surface area contributed by atoms with E-state index in [-0.39, 0.29) is 6.17 Å². The fraction of sp³-hybridized carbons (Fsp3) is 0.143. The minimum atomic E-state index is -0.132. The van der Waals surface area contributed by atoms with Crippen molar-refractivity contribution in [3.63, 3.8) is 0 Å². The lowest BCUT2D eigenvalue weighted by atomic mass is 9.91. The van der Waals surface area contributed by atoms with Crippen molar-refractivity contribution in [1.29, 1.82) is 0 Å². The molecule has 0 spiro atoms. The van der Waals surface area contributed by atoms with E-state index in [2.05, 4.69) is 102 Å². The Bertz CT molecular complexity index is 1200. The molecule has 0 radical (unpaired) electrons. The predicted octanol–water partition coefficient (Wildman–Crippen LogP) is 6.10. The molecule has 3 nitrogen and oxygen atoms in total. The minimum absolute atomic E-state index is 0.132. The highest BCUT2D eigenvalue weighted by Crippen LogP contribution is 2.26. The summed E-state index contributed by atoms with van der Waals surface area (Å²) in [4.78, 5) is 9.55. The van der Waals surface area contributed by atoms with Crippen LogP contribution in [0.15, 0.2) is 113 Å². The number of allylic oxidation sites excluding steroid dienone is 4. The van der Waals surface area contributed by atoms with Crippen LogP contribution in [-0.4, -0.2) is 17.8 Å². The molecule has 0 fully saturated rings. The Morgan fingerprint density at radius 2 is 1.39 bits per heavy atom. The molecule has 0 bridgehead atoms. The number of benzene rings is 3. The Morgan fingerprint density at radius 3 is 2.13 bits per heavy atom. The zero-order valence-corrected chi connectivity index (χ0v) is 17.6. The summed E-state index contributed by atoms with van der Waals surface area (Å²) in [6, 6.07) is 27.6. The summed E-state index contributed by atoms with van der Waals surface area (Å²) in [5.74, 6) is 2.16. The van der Waals surface area contributed by atoms with E-state index in [1.165, 1.54) is 16.7 Å². The molecule has 31 heavy (non-hydrogen) atoms. The third-order valence-corrected chi connectivity index (χ3v) is 5.68. The van der Waals surface area contributed by atoms with E-state index in [1.54, 1.807) is 0 Å². The van der Waals surface area contributed by atoms with E-state index in [4.69, 9.17) is 9.98 Å². The highest BCUT2D eigenvalue weighted by atomic mass is 15.2. The van der Waals surface area contributed by atoms with Crippen LogP contribution in [-0.2, 0) is 0 Å². The first kappa shape index (κ1) is 19.3. The predicted molar refractivity (Wildman–Crippen MR) is 130 cm³/mol. The van der Waals surface area contributed by atoms with E-state index in [0.717, 1.165) is 29.2 Å². The molecule has 2 atom stereocenters. The van der Waals surface area contributed by atoms with Gasteiger partial charge in [0.2, 0.25) is 0 Å². The second-order valence-electron chi connectivity index (χ2n) is 7.94. The van der Waals surface area contributed by atoms with Gasteiger partial charge >= 0.3 is 0 Å². The summed E-state index contributed by atoms with van der Waals surface area (Å²) in [5.41, 5.74) is 5.85. The molecule has 1 aliphatic heterocycles. The van der Waals surface area contributed by atoms with Gasteiger partial charge in [-0.3, -0.25) is 0 Å². The topological polar surface area (TPSA) is 36.8 Å². The molecule has 152 valence electrons. The third-order valence-electron chi connectivity index (χ3n) is 5.68. The first-order valence-electron chi connectivity index (χ1n) is 10.8. The largest absolute Gasteiger partial charge is 0.324 e. The summed E-state index contributed by atoms with van der Waals surface area (Å²) in [6.07, 6.45) is 9.63. The first-order valence-corrected chi connectivity index (χ1v) is 10.8. The van der Waals surface area contributed by atoms with Crippen molar-refractivity contribution in [2.45, 2.75) is 25.4 Å². The molecule has 3 heteroatoms. The average Bonchev–Trinajstić information content (AvgIpc) is 2.85. The van der Waals surface area contributed by atoms with Crippen molar-refractivity contribution < 1.29 is 0 Å². The van der Waals surface area contributed by atoms with Crippen molar-refractivity contribution >= 4 is 11.7 Å². The van der Waals surface area contributed by atoms with Crippen molar-refractivity contribution in [1.82, 2.24) is 5.32 Å². The van der Waals surface area contributed by atoms with Gasteiger partial charge in [-0.25, -0.2) is 9.98 Å². The van der Waals surface area contributed by atoms with Crippen molar-refractivity contribution in [3.8, 4) is 11.1 Å². The van der Waals surface area contributed by atoms with Crippen LogP contribution >= 0.6 is 0 Å². The lowest BCUT2D eigenvalue weighted by molar-refractivity contribution is 0.771. The second kappa shape index (κ2) is 8.57. The number of amidine groups is 2. The molecule has 5 rings (SSSR count). The van der Waals surface area contributed by atoms with E-state index < -0.39 is 0 Å². The summed E-state index contributed by atoms with van der Waals surface area (Å²) < 4.78 is 0. The van der Waals surface area contributed by atoms with E-state index in [1.807, 2.05) is 13.0 Å². The molecule has 2 aliphatic rings.